The van der Waals surface area contributed by atoms with E-state index in [1.54, 1.807) is 48.5 Å². The highest BCUT2D eigenvalue weighted by Gasteiger charge is 2.39. The topological polar surface area (TPSA) is 66.9 Å². The van der Waals surface area contributed by atoms with E-state index in [0.717, 1.165) is 5.69 Å². The Kier molecular flexibility index (Phi) is 5.84. The maximum Gasteiger partial charge on any atom is 0.285 e. The molecule has 0 fully saturated rings. The normalized spacial score (nSPS) is 13.8. The molecule has 0 saturated carbocycles. The molecular weight excluding hydrogens is 416 g/mol. The number of ketones is 1. The third-order valence-electron chi connectivity index (χ3n) is 5.05. The van der Waals surface area contributed by atoms with Gasteiger partial charge in [-0.3, -0.25) is 14.4 Å². The molecule has 31 heavy (non-hydrogen) atoms. The number of nitrogens with zero attached hydrogens (tertiary/aromatic N) is 2. The number of anilines is 1. The van der Waals surface area contributed by atoms with Crippen LogP contribution in [0.15, 0.2) is 78.9 Å². The van der Waals surface area contributed by atoms with Gasteiger partial charge in [-0.15, -0.1) is 5.06 Å². The van der Waals surface area contributed by atoms with Crippen molar-refractivity contribution in [2.24, 2.45) is 0 Å². The van der Waals surface area contributed by atoms with Crippen LogP contribution in [0.4, 0.5) is 5.69 Å². The number of benzene rings is 3. The van der Waals surface area contributed by atoms with Crippen molar-refractivity contribution in [3.63, 3.8) is 0 Å². The second kappa shape index (κ2) is 8.71. The number of hydrogen-bond donors (Lipinski definition) is 0. The molecule has 0 aliphatic carbocycles. The number of carbonyl (C=O) groups excluding carboxylic acids is 3. The molecule has 1 atom stereocenters. The van der Waals surface area contributed by atoms with Gasteiger partial charge in [0.1, 0.15) is 0 Å². The molecule has 0 radical (unpaired) electrons. The van der Waals surface area contributed by atoms with Crippen molar-refractivity contribution in [3.05, 3.63) is 101 Å². The number of halogens is 1. The van der Waals surface area contributed by atoms with E-state index in [9.17, 15) is 14.4 Å². The number of Topliss-reactive ketones (excluding diaryl/α,β-unsaturated/α-hetero) is 1. The standard InChI is InChI=1S/C24H19ClN2O4/c1-26(18-7-3-2-4-8-18)15-21(22(28)16-11-13-17(25)14-12-16)31-27-23(29)19-9-5-6-10-20(19)24(27)30/h2-14,21H,15H2,1H3. The highest BCUT2D eigenvalue weighted by molar-refractivity contribution is 6.30. The predicted octanol–water partition coefficient (Wildman–Crippen LogP) is 4.26. The number of rotatable bonds is 7. The zero-order valence-electron chi connectivity index (χ0n) is 16.7. The third-order valence-corrected chi connectivity index (χ3v) is 5.30. The Hall–Kier alpha value is -3.48. The molecule has 7 heteroatoms. The number of imide groups is 1. The molecule has 0 spiro atoms. The smallest absolute Gasteiger partial charge is 0.285 e. The summed E-state index contributed by atoms with van der Waals surface area (Å²) in [7, 11) is 1.81. The molecule has 1 heterocycles. The molecule has 0 aromatic heterocycles. The van der Waals surface area contributed by atoms with Crippen LogP contribution >= 0.6 is 11.6 Å². The molecule has 0 N–H and O–H groups in total. The number of amides is 2. The highest BCUT2D eigenvalue weighted by Crippen LogP contribution is 2.25. The Morgan fingerprint density at radius 2 is 1.45 bits per heavy atom. The van der Waals surface area contributed by atoms with Crippen molar-refractivity contribution in [3.8, 4) is 0 Å². The van der Waals surface area contributed by atoms with Gasteiger partial charge in [-0.2, -0.15) is 0 Å². The zero-order chi connectivity index (χ0) is 22.0. The fourth-order valence-corrected chi connectivity index (χ4v) is 3.52. The number of hydrogen-bond acceptors (Lipinski definition) is 5. The van der Waals surface area contributed by atoms with E-state index in [0.29, 0.717) is 15.6 Å². The second-order valence-corrected chi connectivity index (χ2v) is 7.57. The lowest BCUT2D eigenvalue weighted by atomic mass is 10.1. The molecule has 2 amide bonds. The van der Waals surface area contributed by atoms with Crippen LogP contribution in [0, 0.1) is 0 Å². The van der Waals surface area contributed by atoms with Crippen molar-refractivity contribution in [2.75, 3.05) is 18.5 Å². The largest absolute Gasteiger partial charge is 0.371 e. The van der Waals surface area contributed by atoms with Gasteiger partial charge in [0.05, 0.1) is 17.7 Å². The van der Waals surface area contributed by atoms with Crippen LogP contribution in [0.25, 0.3) is 0 Å². The van der Waals surface area contributed by atoms with Gasteiger partial charge in [0.25, 0.3) is 11.8 Å². The van der Waals surface area contributed by atoms with Gasteiger partial charge in [-0.25, -0.2) is 4.84 Å². The monoisotopic (exact) mass is 434 g/mol. The van der Waals surface area contributed by atoms with Gasteiger partial charge < -0.3 is 4.90 Å². The Bertz CT molecular complexity index is 1100. The minimum absolute atomic E-state index is 0.124. The molecule has 3 aromatic carbocycles. The van der Waals surface area contributed by atoms with Crippen molar-refractivity contribution in [2.45, 2.75) is 6.10 Å². The van der Waals surface area contributed by atoms with E-state index < -0.39 is 17.9 Å². The first kappa shape index (κ1) is 20.8. The maximum absolute atomic E-state index is 13.3. The molecule has 156 valence electrons. The van der Waals surface area contributed by atoms with Crippen LogP contribution in [-0.4, -0.2) is 42.4 Å². The summed E-state index contributed by atoms with van der Waals surface area (Å²) >= 11 is 5.94. The van der Waals surface area contributed by atoms with Crippen LogP contribution in [0.5, 0.6) is 0 Å². The first-order valence-electron chi connectivity index (χ1n) is 9.66. The molecule has 0 saturated heterocycles. The van der Waals surface area contributed by atoms with Crippen molar-refractivity contribution >= 4 is 34.9 Å². The lowest BCUT2D eigenvalue weighted by Gasteiger charge is -2.27. The average molecular weight is 435 g/mol. The van der Waals surface area contributed by atoms with Crippen LogP contribution in [0.3, 0.4) is 0 Å². The first-order valence-corrected chi connectivity index (χ1v) is 10.0. The van der Waals surface area contributed by atoms with E-state index in [2.05, 4.69) is 0 Å². The van der Waals surface area contributed by atoms with Gasteiger partial charge >= 0.3 is 0 Å². The minimum atomic E-state index is -1.10. The highest BCUT2D eigenvalue weighted by atomic mass is 35.5. The fourth-order valence-electron chi connectivity index (χ4n) is 3.39. The summed E-state index contributed by atoms with van der Waals surface area (Å²) < 4.78 is 0. The van der Waals surface area contributed by atoms with Crippen LogP contribution in [-0.2, 0) is 4.84 Å². The average Bonchev–Trinajstić information content (AvgIpc) is 3.04. The van der Waals surface area contributed by atoms with Crippen molar-refractivity contribution in [1.82, 2.24) is 5.06 Å². The van der Waals surface area contributed by atoms with E-state index in [4.69, 9.17) is 16.4 Å². The summed E-state index contributed by atoms with van der Waals surface area (Å²) in [5.41, 5.74) is 1.73. The van der Waals surface area contributed by atoms with Crippen LogP contribution in [0.2, 0.25) is 5.02 Å². The van der Waals surface area contributed by atoms with Crippen molar-refractivity contribution < 1.29 is 19.2 Å². The van der Waals surface area contributed by atoms with Gasteiger partial charge in [0.15, 0.2) is 11.9 Å². The van der Waals surface area contributed by atoms with Crippen molar-refractivity contribution in [1.29, 1.82) is 0 Å². The van der Waals surface area contributed by atoms with Crippen LogP contribution < -0.4 is 4.90 Å². The van der Waals surface area contributed by atoms with E-state index in [1.807, 2.05) is 42.3 Å². The Balaban J connectivity index is 1.62. The number of carbonyl (C=O) groups is 3. The lowest BCUT2D eigenvalue weighted by Crippen LogP contribution is -2.44. The summed E-state index contributed by atoms with van der Waals surface area (Å²) in [6.07, 6.45) is -1.10. The molecule has 1 aliphatic heterocycles. The summed E-state index contributed by atoms with van der Waals surface area (Å²) in [6.45, 7) is 0.124. The molecule has 3 aromatic rings. The predicted molar refractivity (Wildman–Crippen MR) is 117 cm³/mol. The zero-order valence-corrected chi connectivity index (χ0v) is 17.5. The summed E-state index contributed by atoms with van der Waals surface area (Å²) in [6, 6.07) is 22.3. The quantitative estimate of drug-likeness (QED) is 0.410. The number of fused-ring (bicyclic) bond motifs is 1. The molecule has 1 aliphatic rings. The fraction of sp³-hybridized carbons (Fsp3) is 0.125. The lowest BCUT2D eigenvalue weighted by molar-refractivity contribution is -0.114. The first-order chi connectivity index (χ1) is 15.0. The van der Waals surface area contributed by atoms with Gasteiger partial charge in [0.2, 0.25) is 0 Å². The summed E-state index contributed by atoms with van der Waals surface area (Å²) in [5.74, 6) is -1.54. The van der Waals surface area contributed by atoms with E-state index >= 15 is 0 Å². The Morgan fingerprint density at radius 1 is 0.903 bits per heavy atom. The van der Waals surface area contributed by atoms with E-state index in [1.165, 1.54) is 0 Å². The minimum Gasteiger partial charge on any atom is -0.371 e. The number of para-hydroxylation sites is 1. The summed E-state index contributed by atoms with van der Waals surface area (Å²) in [5, 5.41) is 1.18. The molecule has 4 rings (SSSR count). The van der Waals surface area contributed by atoms with Crippen LogP contribution in [0.1, 0.15) is 31.1 Å². The SMILES string of the molecule is CN(CC(ON1C(=O)c2ccccc2C1=O)C(=O)c1ccc(Cl)cc1)c1ccccc1. The Labute approximate surface area is 184 Å². The number of likely N-dealkylation sites (N-methyl/N-ethyl adjacent to an activating group) is 1. The summed E-state index contributed by atoms with van der Waals surface area (Å²) in [4.78, 5) is 46.3. The van der Waals surface area contributed by atoms with E-state index in [-0.39, 0.29) is 23.5 Å². The van der Waals surface area contributed by atoms with Gasteiger partial charge in [-0.05, 0) is 48.5 Å². The van der Waals surface area contributed by atoms with Gasteiger partial charge in [0, 0.05) is 23.3 Å². The Morgan fingerprint density at radius 3 is 2.03 bits per heavy atom. The number of hydroxylamine groups is 2. The second-order valence-electron chi connectivity index (χ2n) is 7.13. The molecule has 1 unspecified atom stereocenters. The third kappa shape index (κ3) is 4.21. The van der Waals surface area contributed by atoms with Gasteiger partial charge in [-0.1, -0.05) is 41.9 Å². The molecular formula is C24H19ClN2O4. The maximum atomic E-state index is 13.3. The molecule has 0 bridgehead atoms. The molecule has 6 nitrogen and oxygen atoms in total.